The summed E-state index contributed by atoms with van der Waals surface area (Å²) in [5.41, 5.74) is 1.86. The van der Waals surface area contributed by atoms with Crippen LogP contribution in [0.3, 0.4) is 0 Å². The van der Waals surface area contributed by atoms with Gasteiger partial charge in [-0.25, -0.2) is 0 Å². The number of pyridine rings is 1. The van der Waals surface area contributed by atoms with Crippen molar-refractivity contribution in [2.24, 2.45) is 0 Å². The van der Waals surface area contributed by atoms with Gasteiger partial charge in [0, 0.05) is 40.9 Å². The predicted octanol–water partition coefficient (Wildman–Crippen LogP) is 4.44. The van der Waals surface area contributed by atoms with E-state index in [0.29, 0.717) is 25.9 Å². The van der Waals surface area contributed by atoms with Gasteiger partial charge in [0.2, 0.25) is 0 Å². The molecule has 1 aliphatic rings. The molecule has 0 spiro atoms. The summed E-state index contributed by atoms with van der Waals surface area (Å²) in [6, 6.07) is 7.98. The first-order valence-electron chi connectivity index (χ1n) is 7.51. The zero-order valence-corrected chi connectivity index (χ0v) is 14.0. The van der Waals surface area contributed by atoms with Crippen molar-refractivity contribution in [2.75, 3.05) is 25.0 Å². The SMILES string of the molecule is FC(F)(F)CN1CCC(Nc2ccnc3c(Br)cccc23)CC1. The number of aromatic nitrogens is 1. The first-order chi connectivity index (χ1) is 10.9. The third-order valence-corrected chi connectivity index (χ3v) is 4.71. The second-order valence-electron chi connectivity index (χ2n) is 5.80. The summed E-state index contributed by atoms with van der Waals surface area (Å²) in [6.45, 7) is 0.110. The number of anilines is 1. The summed E-state index contributed by atoms with van der Waals surface area (Å²) in [5.74, 6) is 0. The minimum Gasteiger partial charge on any atom is -0.382 e. The van der Waals surface area contributed by atoms with Gasteiger partial charge in [0.15, 0.2) is 0 Å². The zero-order valence-electron chi connectivity index (χ0n) is 12.4. The molecule has 1 aromatic heterocycles. The van der Waals surface area contributed by atoms with Crippen molar-refractivity contribution in [1.29, 1.82) is 0 Å². The molecular formula is C16H17BrF3N3. The van der Waals surface area contributed by atoms with E-state index in [9.17, 15) is 13.2 Å². The fourth-order valence-electron chi connectivity index (χ4n) is 2.97. The Hall–Kier alpha value is -1.34. The quantitative estimate of drug-likeness (QED) is 0.843. The number of likely N-dealkylation sites (tertiary alicyclic amines) is 1. The summed E-state index contributed by atoms with van der Waals surface area (Å²) in [6.07, 6.45) is -0.968. The van der Waals surface area contributed by atoms with E-state index in [1.165, 1.54) is 4.90 Å². The van der Waals surface area contributed by atoms with Crippen molar-refractivity contribution in [3.8, 4) is 0 Å². The van der Waals surface area contributed by atoms with Gasteiger partial charge < -0.3 is 5.32 Å². The lowest BCUT2D eigenvalue weighted by molar-refractivity contribution is -0.147. The van der Waals surface area contributed by atoms with Crippen LogP contribution in [0, 0.1) is 0 Å². The number of nitrogens with one attached hydrogen (secondary N) is 1. The molecule has 1 saturated heterocycles. The molecule has 0 amide bonds. The van der Waals surface area contributed by atoms with E-state index in [-0.39, 0.29) is 6.04 Å². The highest BCUT2D eigenvalue weighted by Gasteiger charge is 2.32. The number of para-hydroxylation sites is 1. The van der Waals surface area contributed by atoms with Crippen LogP contribution in [-0.2, 0) is 0 Å². The molecule has 1 fully saturated rings. The highest BCUT2D eigenvalue weighted by molar-refractivity contribution is 9.10. The number of rotatable bonds is 3. The maximum absolute atomic E-state index is 12.4. The maximum Gasteiger partial charge on any atom is 0.401 e. The van der Waals surface area contributed by atoms with Crippen molar-refractivity contribution >= 4 is 32.5 Å². The lowest BCUT2D eigenvalue weighted by atomic mass is 10.0. The largest absolute Gasteiger partial charge is 0.401 e. The Morgan fingerprint density at radius 3 is 2.65 bits per heavy atom. The van der Waals surface area contributed by atoms with Gasteiger partial charge in [-0.15, -0.1) is 0 Å². The lowest BCUT2D eigenvalue weighted by Crippen LogP contribution is -2.43. The third-order valence-electron chi connectivity index (χ3n) is 4.07. The highest BCUT2D eigenvalue weighted by Crippen LogP contribution is 2.29. The van der Waals surface area contributed by atoms with Crippen LogP contribution in [0.4, 0.5) is 18.9 Å². The van der Waals surface area contributed by atoms with Crippen molar-refractivity contribution in [2.45, 2.75) is 25.1 Å². The van der Waals surface area contributed by atoms with Crippen molar-refractivity contribution in [3.63, 3.8) is 0 Å². The van der Waals surface area contributed by atoms with Crippen LogP contribution in [-0.4, -0.2) is 41.7 Å². The van der Waals surface area contributed by atoms with Crippen molar-refractivity contribution < 1.29 is 13.2 Å². The molecule has 0 unspecified atom stereocenters. The number of hydrogen-bond acceptors (Lipinski definition) is 3. The molecule has 0 radical (unpaired) electrons. The van der Waals surface area contributed by atoms with Gasteiger partial charge in [-0.1, -0.05) is 12.1 Å². The summed E-state index contributed by atoms with van der Waals surface area (Å²) in [4.78, 5) is 5.84. The lowest BCUT2D eigenvalue weighted by Gasteiger charge is -2.33. The summed E-state index contributed by atoms with van der Waals surface area (Å²) < 4.78 is 38.2. The number of alkyl halides is 3. The molecule has 1 aliphatic heterocycles. The second kappa shape index (κ2) is 6.65. The molecule has 124 valence electrons. The monoisotopic (exact) mass is 387 g/mol. The maximum atomic E-state index is 12.4. The fraction of sp³-hybridized carbons (Fsp3) is 0.438. The number of halogens is 4. The topological polar surface area (TPSA) is 28.2 Å². The molecule has 0 saturated carbocycles. The van der Waals surface area contributed by atoms with E-state index in [0.717, 1.165) is 21.1 Å². The number of piperidine rings is 1. The number of nitrogens with zero attached hydrogens (tertiary/aromatic N) is 2. The van der Waals surface area contributed by atoms with Crippen LogP contribution < -0.4 is 5.32 Å². The molecule has 1 N–H and O–H groups in total. The molecule has 2 heterocycles. The van der Waals surface area contributed by atoms with Crippen molar-refractivity contribution in [3.05, 3.63) is 34.9 Å². The minimum atomic E-state index is -4.12. The summed E-state index contributed by atoms with van der Waals surface area (Å²) >= 11 is 3.49. The van der Waals surface area contributed by atoms with E-state index < -0.39 is 12.7 Å². The third kappa shape index (κ3) is 4.14. The average molecular weight is 388 g/mol. The Balaban J connectivity index is 1.67. The molecule has 1 aromatic carbocycles. The minimum absolute atomic E-state index is 0.184. The van der Waals surface area contributed by atoms with Gasteiger partial charge in [-0.05, 0) is 40.9 Å². The Labute approximate surface area is 141 Å². The molecule has 0 bridgehead atoms. The molecule has 7 heteroatoms. The van der Waals surface area contributed by atoms with Gasteiger partial charge in [0.1, 0.15) is 0 Å². The van der Waals surface area contributed by atoms with Crippen molar-refractivity contribution in [1.82, 2.24) is 9.88 Å². The summed E-state index contributed by atoms with van der Waals surface area (Å²) in [7, 11) is 0. The first kappa shape index (κ1) is 16.5. The fourth-order valence-corrected chi connectivity index (χ4v) is 3.44. The number of benzene rings is 1. The van der Waals surface area contributed by atoms with Gasteiger partial charge in [0.25, 0.3) is 0 Å². The molecule has 0 atom stereocenters. The van der Waals surface area contributed by atoms with E-state index in [1.807, 2.05) is 24.3 Å². The van der Waals surface area contributed by atoms with Crippen LogP contribution in [0.5, 0.6) is 0 Å². The Morgan fingerprint density at radius 1 is 1.22 bits per heavy atom. The average Bonchev–Trinajstić information content (AvgIpc) is 2.49. The van der Waals surface area contributed by atoms with Crippen LogP contribution >= 0.6 is 15.9 Å². The van der Waals surface area contributed by atoms with E-state index in [2.05, 4.69) is 26.2 Å². The van der Waals surface area contributed by atoms with Crippen LogP contribution in [0.1, 0.15) is 12.8 Å². The van der Waals surface area contributed by atoms with Crippen LogP contribution in [0.15, 0.2) is 34.9 Å². The number of fused-ring (bicyclic) bond motifs is 1. The van der Waals surface area contributed by atoms with Gasteiger partial charge in [-0.2, -0.15) is 13.2 Å². The second-order valence-corrected chi connectivity index (χ2v) is 6.66. The molecule has 2 aromatic rings. The molecule has 23 heavy (non-hydrogen) atoms. The predicted molar refractivity (Wildman–Crippen MR) is 88.6 cm³/mol. The van der Waals surface area contributed by atoms with Crippen LogP contribution in [0.2, 0.25) is 0 Å². The molecule has 0 aliphatic carbocycles. The van der Waals surface area contributed by atoms with Crippen LogP contribution in [0.25, 0.3) is 10.9 Å². The highest BCUT2D eigenvalue weighted by atomic mass is 79.9. The Bertz CT molecular complexity index is 682. The Morgan fingerprint density at radius 2 is 1.96 bits per heavy atom. The van der Waals surface area contributed by atoms with E-state index >= 15 is 0 Å². The van der Waals surface area contributed by atoms with E-state index in [1.54, 1.807) is 6.20 Å². The first-order valence-corrected chi connectivity index (χ1v) is 8.30. The zero-order chi connectivity index (χ0) is 16.4. The van der Waals surface area contributed by atoms with Gasteiger partial charge >= 0.3 is 6.18 Å². The number of hydrogen-bond donors (Lipinski definition) is 1. The Kier molecular flexibility index (Phi) is 4.77. The summed E-state index contributed by atoms with van der Waals surface area (Å²) in [5, 5.41) is 4.48. The normalized spacial score (nSPS) is 17.6. The standard InChI is InChI=1S/C16H17BrF3N3/c17-13-3-1-2-12-14(4-7-21-15(12)13)22-11-5-8-23(9-6-11)10-16(18,19)20/h1-4,7,11H,5-6,8-10H2,(H,21,22). The van der Waals surface area contributed by atoms with Gasteiger partial charge in [0.05, 0.1) is 12.1 Å². The van der Waals surface area contributed by atoms with E-state index in [4.69, 9.17) is 0 Å². The molecule has 3 rings (SSSR count). The molecular weight excluding hydrogens is 371 g/mol. The molecule has 3 nitrogen and oxygen atoms in total. The van der Waals surface area contributed by atoms with Gasteiger partial charge in [-0.3, -0.25) is 9.88 Å². The smallest absolute Gasteiger partial charge is 0.382 e.